The zero-order valence-corrected chi connectivity index (χ0v) is 12.4. The molecule has 2 aromatic heterocycles. The topological polar surface area (TPSA) is 73.8 Å². The van der Waals surface area contributed by atoms with E-state index in [1.807, 2.05) is 25.3 Å². The molecule has 0 spiro atoms. The highest BCUT2D eigenvalue weighted by Crippen LogP contribution is 2.15. The molecule has 20 heavy (non-hydrogen) atoms. The molecule has 0 unspecified atom stereocenters. The molecule has 0 aliphatic heterocycles. The third kappa shape index (κ3) is 1.93. The van der Waals surface area contributed by atoms with Gasteiger partial charge in [0.2, 0.25) is 5.95 Å². The molecule has 0 atom stereocenters. The van der Waals surface area contributed by atoms with E-state index in [4.69, 9.17) is 0 Å². The van der Waals surface area contributed by atoms with E-state index in [2.05, 4.69) is 10.3 Å². The van der Waals surface area contributed by atoms with Gasteiger partial charge in [0.1, 0.15) is 0 Å². The fraction of sp³-hybridized carbons (Fsp3) is 0.615. The lowest BCUT2D eigenvalue weighted by Gasteiger charge is -2.09. The van der Waals surface area contributed by atoms with E-state index in [1.54, 1.807) is 11.5 Å². The summed E-state index contributed by atoms with van der Waals surface area (Å²) in [6.07, 6.45) is 0. The number of nitrogens with one attached hydrogen (secondary N) is 1. The predicted octanol–water partition coefficient (Wildman–Crippen LogP) is 0.851. The molecule has 0 saturated heterocycles. The van der Waals surface area contributed by atoms with E-state index in [1.165, 1.54) is 4.57 Å². The van der Waals surface area contributed by atoms with Gasteiger partial charge in [-0.05, 0) is 27.7 Å². The Morgan fingerprint density at radius 1 is 0.950 bits per heavy atom. The number of fused-ring (bicyclic) bond motifs is 1. The molecule has 2 aromatic rings. The molecule has 0 bridgehead atoms. The number of aromatic nitrogens is 4. The van der Waals surface area contributed by atoms with E-state index >= 15 is 0 Å². The number of hydrogen-bond donors (Lipinski definition) is 1. The number of imidazole rings is 1. The average molecular weight is 279 g/mol. The number of nitrogens with zero attached hydrogens (tertiary/aromatic N) is 4. The van der Waals surface area contributed by atoms with Crippen molar-refractivity contribution in [3.05, 3.63) is 20.8 Å². The first-order valence-electron chi connectivity index (χ1n) is 7.08. The normalized spacial score (nSPS) is 11.2. The molecule has 7 heteroatoms. The lowest BCUT2D eigenvalue weighted by molar-refractivity contribution is 0.603. The van der Waals surface area contributed by atoms with Crippen molar-refractivity contribution in [3.8, 4) is 0 Å². The second-order valence-corrected chi connectivity index (χ2v) is 4.46. The summed E-state index contributed by atoms with van der Waals surface area (Å²) >= 11 is 0. The standard InChI is InChI=1S/C13H21N5O2/c1-5-14-12-15-10-9(16(12)6-2)11(19)18(8-4)13(20)17(10)7-3/h5-8H2,1-4H3,(H,14,15). The Hall–Kier alpha value is -2.05. The maximum absolute atomic E-state index is 12.5. The smallest absolute Gasteiger partial charge is 0.332 e. The van der Waals surface area contributed by atoms with Gasteiger partial charge in [-0.25, -0.2) is 4.79 Å². The van der Waals surface area contributed by atoms with Crippen molar-refractivity contribution in [1.82, 2.24) is 18.7 Å². The van der Waals surface area contributed by atoms with Crippen molar-refractivity contribution in [3.63, 3.8) is 0 Å². The Kier molecular flexibility index (Phi) is 3.96. The second-order valence-electron chi connectivity index (χ2n) is 4.46. The molecule has 0 amide bonds. The van der Waals surface area contributed by atoms with Crippen molar-refractivity contribution in [2.45, 2.75) is 47.3 Å². The van der Waals surface area contributed by atoms with Gasteiger partial charge >= 0.3 is 5.69 Å². The lowest BCUT2D eigenvalue weighted by atomic mass is 10.4. The van der Waals surface area contributed by atoms with Crippen LogP contribution in [-0.4, -0.2) is 25.2 Å². The quantitative estimate of drug-likeness (QED) is 0.880. The third-order valence-electron chi connectivity index (χ3n) is 3.40. The summed E-state index contributed by atoms with van der Waals surface area (Å²) < 4.78 is 4.64. The third-order valence-corrected chi connectivity index (χ3v) is 3.40. The van der Waals surface area contributed by atoms with E-state index in [0.717, 1.165) is 0 Å². The van der Waals surface area contributed by atoms with Crippen LogP contribution < -0.4 is 16.6 Å². The van der Waals surface area contributed by atoms with Gasteiger partial charge in [-0.3, -0.25) is 13.9 Å². The van der Waals surface area contributed by atoms with Crippen LogP contribution in [-0.2, 0) is 19.6 Å². The summed E-state index contributed by atoms with van der Waals surface area (Å²) in [6.45, 7) is 9.79. The van der Waals surface area contributed by atoms with Gasteiger partial charge in [0.05, 0.1) is 0 Å². The van der Waals surface area contributed by atoms with Crippen LogP contribution >= 0.6 is 0 Å². The van der Waals surface area contributed by atoms with Crippen molar-refractivity contribution < 1.29 is 0 Å². The van der Waals surface area contributed by atoms with Crippen LogP contribution in [0.1, 0.15) is 27.7 Å². The summed E-state index contributed by atoms with van der Waals surface area (Å²) in [4.78, 5) is 29.2. The summed E-state index contributed by atoms with van der Waals surface area (Å²) in [5.41, 5.74) is 0.392. The van der Waals surface area contributed by atoms with Gasteiger partial charge in [0.25, 0.3) is 5.56 Å². The molecule has 0 aliphatic rings. The van der Waals surface area contributed by atoms with Gasteiger partial charge in [-0.15, -0.1) is 0 Å². The molecule has 1 N–H and O–H groups in total. The highest BCUT2D eigenvalue weighted by molar-refractivity contribution is 5.74. The van der Waals surface area contributed by atoms with Crippen molar-refractivity contribution in [1.29, 1.82) is 0 Å². The molecule has 0 fully saturated rings. The summed E-state index contributed by atoms with van der Waals surface area (Å²) in [7, 11) is 0. The van der Waals surface area contributed by atoms with E-state index in [9.17, 15) is 9.59 Å². The minimum Gasteiger partial charge on any atom is -0.356 e. The molecule has 0 radical (unpaired) electrons. The first kappa shape index (κ1) is 14.4. The van der Waals surface area contributed by atoms with Crippen molar-refractivity contribution >= 4 is 17.1 Å². The van der Waals surface area contributed by atoms with E-state index in [0.29, 0.717) is 43.3 Å². The lowest BCUT2D eigenvalue weighted by Crippen LogP contribution is -2.40. The Morgan fingerprint density at radius 2 is 1.55 bits per heavy atom. The Labute approximate surface area is 116 Å². The molecular weight excluding hydrogens is 258 g/mol. The molecular formula is C13H21N5O2. The zero-order chi connectivity index (χ0) is 14.9. The highest BCUT2D eigenvalue weighted by atomic mass is 16.2. The van der Waals surface area contributed by atoms with Crippen LogP contribution in [0.25, 0.3) is 11.2 Å². The fourth-order valence-electron chi connectivity index (χ4n) is 2.46. The number of hydrogen-bond acceptors (Lipinski definition) is 4. The maximum Gasteiger partial charge on any atom is 0.332 e. The van der Waals surface area contributed by atoms with Crippen LogP contribution in [0.2, 0.25) is 0 Å². The monoisotopic (exact) mass is 279 g/mol. The Bertz CT molecular complexity index is 738. The highest BCUT2D eigenvalue weighted by Gasteiger charge is 2.19. The first-order chi connectivity index (χ1) is 9.60. The van der Waals surface area contributed by atoms with Crippen LogP contribution in [0.5, 0.6) is 0 Å². The molecule has 7 nitrogen and oxygen atoms in total. The summed E-state index contributed by atoms with van der Waals surface area (Å²) in [6, 6.07) is 0. The van der Waals surface area contributed by atoms with Crippen LogP contribution in [0.3, 0.4) is 0 Å². The molecule has 110 valence electrons. The SMILES string of the molecule is CCNc1nc2c(c(=O)n(CC)c(=O)n2CC)n1CC. The van der Waals surface area contributed by atoms with Crippen molar-refractivity contribution in [2.24, 2.45) is 0 Å². The average Bonchev–Trinajstić information content (AvgIpc) is 2.78. The summed E-state index contributed by atoms with van der Waals surface area (Å²) in [5.74, 6) is 0.637. The molecule has 0 saturated carbocycles. The van der Waals surface area contributed by atoms with Gasteiger partial charge in [-0.1, -0.05) is 0 Å². The largest absolute Gasteiger partial charge is 0.356 e. The molecule has 2 rings (SSSR count). The van der Waals surface area contributed by atoms with Crippen molar-refractivity contribution in [2.75, 3.05) is 11.9 Å². The second kappa shape index (κ2) is 5.52. The summed E-state index contributed by atoms with van der Waals surface area (Å²) in [5, 5.41) is 3.14. The predicted molar refractivity (Wildman–Crippen MR) is 79.4 cm³/mol. The zero-order valence-electron chi connectivity index (χ0n) is 12.4. The number of aryl methyl sites for hydroxylation is 2. The maximum atomic E-state index is 12.5. The van der Waals surface area contributed by atoms with Crippen LogP contribution in [0.15, 0.2) is 9.59 Å². The number of rotatable bonds is 5. The van der Waals surface area contributed by atoms with Crippen LogP contribution in [0, 0.1) is 0 Å². The Morgan fingerprint density at radius 3 is 2.05 bits per heavy atom. The minimum atomic E-state index is -0.295. The fourth-order valence-corrected chi connectivity index (χ4v) is 2.46. The van der Waals surface area contributed by atoms with Crippen LogP contribution in [0.4, 0.5) is 5.95 Å². The van der Waals surface area contributed by atoms with E-state index in [-0.39, 0.29) is 11.2 Å². The Balaban J connectivity index is 2.98. The molecule has 0 aliphatic carbocycles. The molecule has 2 heterocycles. The molecule has 0 aromatic carbocycles. The first-order valence-corrected chi connectivity index (χ1v) is 7.08. The van der Waals surface area contributed by atoms with Gasteiger partial charge in [-0.2, -0.15) is 4.98 Å². The van der Waals surface area contributed by atoms with Gasteiger partial charge in [0, 0.05) is 26.2 Å². The number of anilines is 1. The van der Waals surface area contributed by atoms with E-state index < -0.39 is 0 Å². The minimum absolute atomic E-state index is 0.268. The van der Waals surface area contributed by atoms with Gasteiger partial charge in [0.15, 0.2) is 11.2 Å². The van der Waals surface area contributed by atoms with Gasteiger partial charge < -0.3 is 9.88 Å².